The Balaban J connectivity index is 2.45. The van der Waals surface area contributed by atoms with Gasteiger partial charge in [-0.3, -0.25) is 4.79 Å². The van der Waals surface area contributed by atoms with Crippen LogP contribution in [-0.4, -0.2) is 16.0 Å². The van der Waals surface area contributed by atoms with Crippen molar-refractivity contribution in [3.8, 4) is 16.9 Å². The summed E-state index contributed by atoms with van der Waals surface area (Å²) in [4.78, 5) is 16.1. The molecule has 0 atom stereocenters. The first-order chi connectivity index (χ1) is 10.4. The van der Waals surface area contributed by atoms with Crippen molar-refractivity contribution in [3.05, 3.63) is 40.4 Å². The van der Waals surface area contributed by atoms with Crippen LogP contribution in [0, 0.1) is 13.8 Å². The summed E-state index contributed by atoms with van der Waals surface area (Å²) >= 11 is 1.33. The second kappa shape index (κ2) is 4.99. The number of carbonyl (C=O) groups is 1. The molecular weight excluding hydrogens is 298 g/mol. The number of aryl methyl sites for hydroxylation is 1. The van der Waals surface area contributed by atoms with Crippen molar-refractivity contribution >= 4 is 33.1 Å². The molecule has 0 bridgehead atoms. The molecule has 1 aromatic heterocycles. The number of fused-ring (bicyclic) bond motifs is 1. The van der Waals surface area contributed by atoms with E-state index in [9.17, 15) is 9.90 Å². The third-order valence-corrected chi connectivity index (χ3v) is 4.68. The van der Waals surface area contributed by atoms with Gasteiger partial charge in [-0.15, -0.1) is 11.3 Å². The molecule has 5 N–H and O–H groups in total. The van der Waals surface area contributed by atoms with Gasteiger partial charge in [-0.1, -0.05) is 6.07 Å². The lowest BCUT2D eigenvalue weighted by molar-refractivity contribution is 0.100. The number of nitrogen functional groups attached to an aromatic ring is 1. The summed E-state index contributed by atoms with van der Waals surface area (Å²) in [5.74, 6) is -0.400. The van der Waals surface area contributed by atoms with Crippen LogP contribution in [0.4, 0.5) is 5.69 Å². The highest BCUT2D eigenvalue weighted by molar-refractivity contribution is 7.17. The zero-order chi connectivity index (χ0) is 16.0. The molecule has 1 heterocycles. The molecule has 3 aromatic rings. The number of hydrogen-bond acceptors (Lipinski definition) is 5. The molecule has 0 unspecified atom stereocenters. The molecule has 2 aromatic carbocycles. The number of hydrogen-bond donors (Lipinski definition) is 3. The van der Waals surface area contributed by atoms with Gasteiger partial charge in [0, 0.05) is 5.56 Å². The van der Waals surface area contributed by atoms with Crippen LogP contribution in [0.3, 0.4) is 0 Å². The van der Waals surface area contributed by atoms with Crippen LogP contribution in [0.2, 0.25) is 0 Å². The van der Waals surface area contributed by atoms with E-state index in [2.05, 4.69) is 4.98 Å². The van der Waals surface area contributed by atoms with Gasteiger partial charge >= 0.3 is 0 Å². The van der Waals surface area contributed by atoms with E-state index in [0.717, 1.165) is 11.1 Å². The maximum Gasteiger partial charge on any atom is 0.252 e. The topological polar surface area (TPSA) is 102 Å². The van der Waals surface area contributed by atoms with Crippen molar-refractivity contribution < 1.29 is 9.90 Å². The van der Waals surface area contributed by atoms with Gasteiger partial charge in [0.1, 0.15) is 5.75 Å². The van der Waals surface area contributed by atoms with Gasteiger partial charge in [-0.05, 0) is 42.7 Å². The first-order valence-corrected chi connectivity index (χ1v) is 7.54. The van der Waals surface area contributed by atoms with Crippen molar-refractivity contribution in [2.24, 2.45) is 5.73 Å². The fourth-order valence-corrected chi connectivity index (χ4v) is 3.55. The van der Waals surface area contributed by atoms with Crippen LogP contribution in [-0.2, 0) is 0 Å². The molecule has 5 nitrogen and oxygen atoms in total. The molecule has 0 aliphatic rings. The quantitative estimate of drug-likeness (QED) is 0.633. The fraction of sp³-hybridized carbons (Fsp3) is 0.125. The maximum atomic E-state index is 11.8. The standard InChI is InChI=1S/C16H15N3O2S/c1-7-3-4-11(20)8(2)12(7)9-5-10-15(22-6-19-10)13(14(9)17)16(18)21/h3-6,20H,17H2,1-2H3,(H2,18,21). The van der Waals surface area contributed by atoms with E-state index in [0.29, 0.717) is 27.0 Å². The molecule has 0 spiro atoms. The number of nitrogens with two attached hydrogens (primary N) is 2. The number of phenols is 1. The maximum absolute atomic E-state index is 11.8. The third kappa shape index (κ3) is 2.00. The highest BCUT2D eigenvalue weighted by Gasteiger charge is 2.20. The van der Waals surface area contributed by atoms with Crippen LogP contribution in [0.25, 0.3) is 21.3 Å². The second-order valence-electron chi connectivity index (χ2n) is 5.18. The number of aromatic nitrogens is 1. The van der Waals surface area contributed by atoms with E-state index in [1.807, 2.05) is 26.0 Å². The minimum atomic E-state index is -0.580. The lowest BCUT2D eigenvalue weighted by Crippen LogP contribution is -2.14. The van der Waals surface area contributed by atoms with E-state index in [1.54, 1.807) is 11.6 Å². The number of rotatable bonds is 2. The Morgan fingerprint density at radius 1 is 1.32 bits per heavy atom. The highest BCUT2D eigenvalue weighted by atomic mass is 32.1. The summed E-state index contributed by atoms with van der Waals surface area (Å²) in [6, 6.07) is 5.29. The van der Waals surface area contributed by atoms with Crippen molar-refractivity contribution in [2.45, 2.75) is 13.8 Å². The minimum Gasteiger partial charge on any atom is -0.508 e. The molecule has 6 heteroatoms. The number of phenolic OH excluding ortho intramolecular Hbond substituents is 1. The largest absolute Gasteiger partial charge is 0.508 e. The van der Waals surface area contributed by atoms with Crippen LogP contribution in [0.1, 0.15) is 21.5 Å². The Labute approximate surface area is 131 Å². The molecule has 1 amide bonds. The first-order valence-electron chi connectivity index (χ1n) is 6.66. The molecule has 22 heavy (non-hydrogen) atoms. The SMILES string of the molecule is Cc1ccc(O)c(C)c1-c1cc2ncsc2c(C(N)=O)c1N. The van der Waals surface area contributed by atoms with Gasteiger partial charge in [-0.2, -0.15) is 0 Å². The number of nitrogens with zero attached hydrogens (tertiary/aromatic N) is 1. The number of benzene rings is 2. The second-order valence-corrected chi connectivity index (χ2v) is 6.03. The Kier molecular flexibility index (Phi) is 3.26. The van der Waals surface area contributed by atoms with E-state index in [1.165, 1.54) is 11.3 Å². The molecule has 3 rings (SSSR count). The van der Waals surface area contributed by atoms with Gasteiger partial charge < -0.3 is 16.6 Å². The molecule has 0 saturated carbocycles. The van der Waals surface area contributed by atoms with Gasteiger partial charge in [-0.25, -0.2) is 4.98 Å². The Bertz CT molecular complexity index is 915. The number of anilines is 1. The number of thiazole rings is 1. The third-order valence-electron chi connectivity index (χ3n) is 3.82. The van der Waals surface area contributed by atoms with Crippen molar-refractivity contribution in [1.82, 2.24) is 4.98 Å². The summed E-state index contributed by atoms with van der Waals surface area (Å²) in [7, 11) is 0. The highest BCUT2D eigenvalue weighted by Crippen LogP contribution is 2.40. The number of primary amides is 1. The Morgan fingerprint density at radius 3 is 2.73 bits per heavy atom. The van der Waals surface area contributed by atoms with Crippen LogP contribution in [0.5, 0.6) is 5.75 Å². The lowest BCUT2D eigenvalue weighted by atomic mass is 9.92. The average molecular weight is 313 g/mol. The van der Waals surface area contributed by atoms with E-state index in [-0.39, 0.29) is 11.3 Å². The zero-order valence-electron chi connectivity index (χ0n) is 12.2. The fourth-order valence-electron chi connectivity index (χ4n) is 2.72. The number of carbonyl (C=O) groups excluding carboxylic acids is 1. The molecular formula is C16H15N3O2S. The van der Waals surface area contributed by atoms with Gasteiger partial charge in [0.15, 0.2) is 0 Å². The molecule has 0 aliphatic heterocycles. The first kappa shape index (κ1) is 14.3. The molecule has 0 radical (unpaired) electrons. The summed E-state index contributed by atoms with van der Waals surface area (Å²) in [5.41, 5.74) is 17.8. The molecule has 112 valence electrons. The predicted octanol–water partition coefficient (Wildman–Crippen LogP) is 2.97. The molecule has 0 aliphatic carbocycles. The summed E-state index contributed by atoms with van der Waals surface area (Å²) in [5, 5.41) is 9.98. The van der Waals surface area contributed by atoms with Crippen LogP contribution < -0.4 is 11.5 Å². The normalized spacial score (nSPS) is 11.0. The minimum absolute atomic E-state index is 0.180. The van der Waals surface area contributed by atoms with E-state index >= 15 is 0 Å². The van der Waals surface area contributed by atoms with Gasteiger partial charge in [0.25, 0.3) is 5.91 Å². The van der Waals surface area contributed by atoms with Crippen LogP contribution in [0.15, 0.2) is 23.7 Å². The Morgan fingerprint density at radius 2 is 2.05 bits per heavy atom. The average Bonchev–Trinajstić information content (AvgIpc) is 2.91. The van der Waals surface area contributed by atoms with Gasteiger partial charge in [0.2, 0.25) is 0 Å². The monoisotopic (exact) mass is 313 g/mol. The Hall–Kier alpha value is -2.60. The van der Waals surface area contributed by atoms with Crippen molar-refractivity contribution in [2.75, 3.05) is 5.73 Å². The van der Waals surface area contributed by atoms with Crippen molar-refractivity contribution in [3.63, 3.8) is 0 Å². The summed E-state index contributed by atoms with van der Waals surface area (Å²) < 4.78 is 0.684. The smallest absolute Gasteiger partial charge is 0.252 e. The lowest BCUT2D eigenvalue weighted by Gasteiger charge is -2.16. The molecule has 0 fully saturated rings. The van der Waals surface area contributed by atoms with Gasteiger partial charge in [0.05, 0.1) is 27.0 Å². The summed E-state index contributed by atoms with van der Waals surface area (Å²) in [6.07, 6.45) is 0. The van der Waals surface area contributed by atoms with Crippen molar-refractivity contribution in [1.29, 1.82) is 0 Å². The predicted molar refractivity (Wildman–Crippen MR) is 89.1 cm³/mol. The number of aromatic hydroxyl groups is 1. The van der Waals surface area contributed by atoms with E-state index < -0.39 is 5.91 Å². The molecule has 0 saturated heterocycles. The number of amides is 1. The zero-order valence-corrected chi connectivity index (χ0v) is 13.0. The van der Waals surface area contributed by atoms with Crippen LogP contribution >= 0.6 is 11.3 Å². The summed E-state index contributed by atoms with van der Waals surface area (Å²) in [6.45, 7) is 3.74. The van der Waals surface area contributed by atoms with E-state index in [4.69, 9.17) is 11.5 Å².